The quantitative estimate of drug-likeness (QED) is 0.888. The molecule has 0 aromatic heterocycles. The van der Waals surface area contributed by atoms with E-state index in [1.807, 2.05) is 0 Å². The Labute approximate surface area is 127 Å². The van der Waals surface area contributed by atoms with Gasteiger partial charge in [0.25, 0.3) is 0 Å². The number of hydrogen-bond acceptors (Lipinski definition) is 4. The highest BCUT2D eigenvalue weighted by Gasteiger charge is 2.34. The maximum absolute atomic E-state index is 12.8. The summed E-state index contributed by atoms with van der Waals surface area (Å²) < 4.78 is 32.8. The van der Waals surface area contributed by atoms with Crippen LogP contribution in [0.25, 0.3) is 0 Å². The lowest BCUT2D eigenvalue weighted by atomic mass is 10.1. The van der Waals surface area contributed by atoms with Gasteiger partial charge in [0.1, 0.15) is 10.6 Å². The molecule has 20 heavy (non-hydrogen) atoms. The highest BCUT2D eigenvalue weighted by atomic mass is 79.9. The molecule has 1 N–H and O–H groups in total. The van der Waals surface area contributed by atoms with Crippen molar-refractivity contribution < 1.29 is 18.3 Å². The lowest BCUT2D eigenvalue weighted by Gasteiger charge is -2.33. The fraction of sp³-hybridized carbons (Fsp3) is 0.538. The van der Waals surface area contributed by atoms with Crippen LogP contribution in [0.5, 0.6) is 5.75 Å². The molecule has 0 radical (unpaired) electrons. The number of aliphatic hydroxyl groups excluding tert-OH is 1. The summed E-state index contributed by atoms with van der Waals surface area (Å²) in [6, 6.07) is 4.54. The molecule has 0 spiro atoms. The Morgan fingerprint density at radius 3 is 2.85 bits per heavy atom. The molecular weight excluding hydrogens is 346 g/mol. The first-order valence-electron chi connectivity index (χ1n) is 6.47. The molecular formula is C13H18BrNO4S. The van der Waals surface area contributed by atoms with Gasteiger partial charge in [-0.1, -0.05) is 22.4 Å². The third-order valence-corrected chi connectivity index (χ3v) is 5.96. The molecule has 1 aliphatic heterocycles. The highest BCUT2D eigenvalue weighted by Crippen LogP contribution is 2.32. The van der Waals surface area contributed by atoms with E-state index in [4.69, 9.17) is 4.74 Å². The SMILES string of the molecule is COc1ccc(Br)cc1S(=O)(=O)N1CCCCC1CO. The molecule has 0 saturated carbocycles. The molecule has 1 atom stereocenters. The van der Waals surface area contributed by atoms with Crippen LogP contribution < -0.4 is 4.74 Å². The van der Waals surface area contributed by atoms with Crippen LogP contribution in [0.1, 0.15) is 19.3 Å². The molecule has 0 aliphatic carbocycles. The largest absolute Gasteiger partial charge is 0.495 e. The Morgan fingerprint density at radius 2 is 2.20 bits per heavy atom. The molecule has 1 unspecified atom stereocenters. The second-order valence-corrected chi connectivity index (χ2v) is 7.52. The van der Waals surface area contributed by atoms with Crippen LogP contribution in [0.2, 0.25) is 0 Å². The van der Waals surface area contributed by atoms with Crippen molar-refractivity contribution in [2.24, 2.45) is 0 Å². The summed E-state index contributed by atoms with van der Waals surface area (Å²) in [5.41, 5.74) is 0. The van der Waals surface area contributed by atoms with Gasteiger partial charge in [-0.25, -0.2) is 8.42 Å². The third-order valence-electron chi connectivity index (χ3n) is 3.50. The van der Waals surface area contributed by atoms with Gasteiger partial charge in [-0.2, -0.15) is 4.31 Å². The Morgan fingerprint density at radius 1 is 1.45 bits per heavy atom. The summed E-state index contributed by atoms with van der Waals surface area (Å²) in [5, 5.41) is 9.41. The van der Waals surface area contributed by atoms with Gasteiger partial charge < -0.3 is 9.84 Å². The number of aliphatic hydroxyl groups is 1. The molecule has 112 valence electrons. The number of hydrogen-bond donors (Lipinski definition) is 1. The van der Waals surface area contributed by atoms with E-state index in [2.05, 4.69) is 15.9 Å². The van der Waals surface area contributed by atoms with Gasteiger partial charge in [0.15, 0.2) is 0 Å². The number of methoxy groups -OCH3 is 1. The molecule has 1 aromatic carbocycles. The first-order valence-corrected chi connectivity index (χ1v) is 8.70. The second-order valence-electron chi connectivity index (χ2n) is 4.74. The van der Waals surface area contributed by atoms with Crippen molar-refractivity contribution in [1.29, 1.82) is 0 Å². The standard InChI is InChI=1S/C13H18BrNO4S/c1-19-12-6-5-10(14)8-13(12)20(17,18)15-7-3-2-4-11(15)9-16/h5-6,8,11,16H,2-4,7,9H2,1H3. The lowest BCUT2D eigenvalue weighted by Crippen LogP contribution is -2.45. The van der Waals surface area contributed by atoms with E-state index in [9.17, 15) is 13.5 Å². The summed E-state index contributed by atoms with van der Waals surface area (Å²) in [7, 11) is -2.22. The van der Waals surface area contributed by atoms with Crippen molar-refractivity contribution in [1.82, 2.24) is 4.31 Å². The van der Waals surface area contributed by atoms with E-state index in [1.165, 1.54) is 17.5 Å². The molecule has 5 nitrogen and oxygen atoms in total. The minimum absolute atomic E-state index is 0.134. The molecule has 1 heterocycles. The average Bonchev–Trinajstić information content (AvgIpc) is 2.47. The average molecular weight is 364 g/mol. The summed E-state index contributed by atoms with van der Waals surface area (Å²) in [6.07, 6.45) is 2.44. The fourth-order valence-corrected chi connectivity index (χ4v) is 4.83. The highest BCUT2D eigenvalue weighted by molar-refractivity contribution is 9.10. The lowest BCUT2D eigenvalue weighted by molar-refractivity contribution is 0.155. The number of halogens is 1. The zero-order chi connectivity index (χ0) is 14.8. The van der Waals surface area contributed by atoms with Gasteiger partial charge in [-0.05, 0) is 31.0 Å². The van der Waals surface area contributed by atoms with Gasteiger partial charge in [0.2, 0.25) is 10.0 Å². The Bertz CT molecular complexity index is 576. The van der Waals surface area contributed by atoms with Crippen LogP contribution in [0.3, 0.4) is 0 Å². The maximum Gasteiger partial charge on any atom is 0.247 e. The summed E-state index contributed by atoms with van der Waals surface area (Å²) in [6.45, 7) is 0.277. The molecule has 2 rings (SSSR count). The zero-order valence-corrected chi connectivity index (χ0v) is 13.7. The molecule has 1 aliphatic rings. The van der Waals surface area contributed by atoms with E-state index >= 15 is 0 Å². The first-order chi connectivity index (χ1) is 9.50. The van der Waals surface area contributed by atoms with E-state index in [0.29, 0.717) is 23.2 Å². The smallest absolute Gasteiger partial charge is 0.247 e. The van der Waals surface area contributed by atoms with Crippen LogP contribution in [0.15, 0.2) is 27.6 Å². The van der Waals surface area contributed by atoms with Gasteiger partial charge in [-0.15, -0.1) is 0 Å². The molecule has 0 bridgehead atoms. The number of ether oxygens (including phenoxy) is 1. The second kappa shape index (κ2) is 6.43. The number of rotatable bonds is 4. The van der Waals surface area contributed by atoms with Crippen LogP contribution in [0, 0.1) is 0 Å². The van der Waals surface area contributed by atoms with Crippen molar-refractivity contribution in [3.8, 4) is 5.75 Å². The predicted octanol–water partition coefficient (Wildman–Crippen LogP) is 1.99. The Kier molecular flexibility index (Phi) is 5.06. The Balaban J connectivity index is 2.46. The molecule has 0 amide bonds. The zero-order valence-electron chi connectivity index (χ0n) is 11.3. The van der Waals surface area contributed by atoms with E-state index in [0.717, 1.165) is 12.8 Å². The van der Waals surface area contributed by atoms with Gasteiger partial charge in [0.05, 0.1) is 13.7 Å². The fourth-order valence-electron chi connectivity index (χ4n) is 2.45. The first kappa shape index (κ1) is 15.8. The summed E-state index contributed by atoms with van der Waals surface area (Å²) in [5.74, 6) is 0.315. The summed E-state index contributed by atoms with van der Waals surface area (Å²) >= 11 is 3.29. The van der Waals surface area contributed by atoms with Gasteiger partial charge >= 0.3 is 0 Å². The summed E-state index contributed by atoms with van der Waals surface area (Å²) in [4.78, 5) is 0.134. The van der Waals surface area contributed by atoms with E-state index < -0.39 is 10.0 Å². The number of piperidine rings is 1. The maximum atomic E-state index is 12.8. The topological polar surface area (TPSA) is 66.8 Å². The van der Waals surface area contributed by atoms with E-state index in [-0.39, 0.29) is 17.5 Å². The normalized spacial score (nSPS) is 20.9. The third kappa shape index (κ3) is 3.00. The van der Waals surface area contributed by atoms with Crippen molar-refractivity contribution in [2.75, 3.05) is 20.3 Å². The van der Waals surface area contributed by atoms with Crippen molar-refractivity contribution >= 4 is 26.0 Å². The Hall–Kier alpha value is -0.630. The number of nitrogens with zero attached hydrogens (tertiary/aromatic N) is 1. The molecule has 1 aromatic rings. The van der Waals surface area contributed by atoms with Crippen LogP contribution in [0.4, 0.5) is 0 Å². The van der Waals surface area contributed by atoms with Crippen LogP contribution in [-0.4, -0.2) is 44.1 Å². The van der Waals surface area contributed by atoms with Crippen LogP contribution >= 0.6 is 15.9 Å². The van der Waals surface area contributed by atoms with Crippen molar-refractivity contribution in [3.63, 3.8) is 0 Å². The minimum Gasteiger partial charge on any atom is -0.495 e. The van der Waals surface area contributed by atoms with Crippen LogP contribution in [-0.2, 0) is 10.0 Å². The minimum atomic E-state index is -3.67. The molecule has 1 fully saturated rings. The number of sulfonamides is 1. The van der Waals surface area contributed by atoms with Gasteiger partial charge in [-0.3, -0.25) is 0 Å². The predicted molar refractivity (Wildman–Crippen MR) is 79.3 cm³/mol. The number of benzene rings is 1. The van der Waals surface area contributed by atoms with E-state index in [1.54, 1.807) is 12.1 Å². The monoisotopic (exact) mass is 363 g/mol. The van der Waals surface area contributed by atoms with Crippen molar-refractivity contribution in [3.05, 3.63) is 22.7 Å². The van der Waals surface area contributed by atoms with Crippen molar-refractivity contribution in [2.45, 2.75) is 30.2 Å². The van der Waals surface area contributed by atoms with Gasteiger partial charge in [0, 0.05) is 17.1 Å². The molecule has 1 saturated heterocycles. The molecule has 7 heteroatoms.